The molecule has 4 heteroatoms. The normalized spacial score (nSPS) is 28.8. The molecular formula is C25H34O2Si2. The minimum Gasteiger partial charge on any atom is -0.379 e. The van der Waals surface area contributed by atoms with Gasteiger partial charge in [0, 0.05) is 33.7 Å². The Morgan fingerprint density at radius 3 is 1.86 bits per heavy atom. The molecule has 0 aromatic heterocycles. The van der Waals surface area contributed by atoms with E-state index in [0.717, 1.165) is 46.5 Å². The lowest BCUT2D eigenvalue weighted by Gasteiger charge is -2.41. The number of hydrogen-bond donors (Lipinski definition) is 0. The molecule has 4 rings (SSSR count). The van der Waals surface area contributed by atoms with Crippen LogP contribution >= 0.6 is 0 Å². The molecule has 29 heavy (non-hydrogen) atoms. The molecule has 0 amide bonds. The van der Waals surface area contributed by atoms with Crippen molar-refractivity contribution in [3.63, 3.8) is 0 Å². The highest BCUT2D eigenvalue weighted by atomic mass is 28.1. The molecule has 2 aromatic carbocycles. The molecule has 0 saturated carbocycles. The Kier molecular flexibility index (Phi) is 6.54. The third kappa shape index (κ3) is 4.82. The number of benzene rings is 2. The van der Waals surface area contributed by atoms with E-state index in [0.29, 0.717) is 0 Å². The predicted octanol–water partition coefficient (Wildman–Crippen LogP) is 3.51. The zero-order valence-electron chi connectivity index (χ0n) is 18.0. The first kappa shape index (κ1) is 20.8. The van der Waals surface area contributed by atoms with Crippen molar-refractivity contribution >= 4 is 31.6 Å². The molecule has 2 heterocycles. The summed E-state index contributed by atoms with van der Waals surface area (Å²) in [4.78, 5) is 0. The zero-order chi connectivity index (χ0) is 20.2. The van der Waals surface area contributed by atoms with Crippen molar-refractivity contribution in [3.8, 4) is 0 Å². The summed E-state index contributed by atoms with van der Waals surface area (Å²) in [7, 11) is 2.05. The van der Waals surface area contributed by atoms with Crippen LogP contribution < -0.4 is 0 Å². The van der Waals surface area contributed by atoms with E-state index in [2.05, 4.69) is 60.7 Å². The van der Waals surface area contributed by atoms with E-state index in [1.54, 1.807) is 0 Å². The van der Waals surface area contributed by atoms with E-state index in [4.69, 9.17) is 9.47 Å². The monoisotopic (exact) mass is 422 g/mol. The molecule has 2 saturated heterocycles. The van der Waals surface area contributed by atoms with E-state index in [1.165, 1.54) is 54.4 Å². The highest BCUT2D eigenvalue weighted by molar-refractivity contribution is 6.25. The fourth-order valence-corrected chi connectivity index (χ4v) is 7.07. The van der Waals surface area contributed by atoms with Gasteiger partial charge in [0.2, 0.25) is 0 Å². The van der Waals surface area contributed by atoms with Gasteiger partial charge in [-0.05, 0) is 67.2 Å². The lowest BCUT2D eigenvalue weighted by molar-refractivity contribution is -0.0140. The average Bonchev–Trinajstić information content (AvgIpc) is 2.75. The van der Waals surface area contributed by atoms with Crippen molar-refractivity contribution in [1.29, 1.82) is 0 Å². The molecule has 2 aliphatic heterocycles. The molecule has 2 nitrogen and oxygen atoms in total. The Bertz CT molecular complexity index is 820. The van der Waals surface area contributed by atoms with Gasteiger partial charge in [-0.2, -0.15) is 0 Å². The summed E-state index contributed by atoms with van der Waals surface area (Å²) in [5, 5.41) is -0.0760. The van der Waals surface area contributed by atoms with Gasteiger partial charge < -0.3 is 9.47 Å². The zero-order valence-corrected chi connectivity index (χ0v) is 22.0. The van der Waals surface area contributed by atoms with Crippen LogP contribution in [0.4, 0.5) is 0 Å². The maximum atomic E-state index is 6.58. The largest absolute Gasteiger partial charge is 0.379 e. The van der Waals surface area contributed by atoms with Crippen LogP contribution in [-0.2, 0) is 9.47 Å². The lowest BCUT2D eigenvalue weighted by Crippen LogP contribution is -2.41. The van der Waals surface area contributed by atoms with Gasteiger partial charge in [0.15, 0.2) is 0 Å². The van der Waals surface area contributed by atoms with Gasteiger partial charge in [-0.25, -0.2) is 0 Å². The summed E-state index contributed by atoms with van der Waals surface area (Å²) in [6.07, 6.45) is 8.25. The second-order valence-electron chi connectivity index (χ2n) is 9.05. The molecular weight excluding hydrogens is 388 g/mol. The maximum Gasteiger partial charge on any atom is 0.0731 e. The molecule has 154 valence electrons. The molecule has 0 bridgehead atoms. The van der Waals surface area contributed by atoms with E-state index >= 15 is 0 Å². The maximum absolute atomic E-state index is 6.58. The van der Waals surface area contributed by atoms with Gasteiger partial charge in [-0.3, -0.25) is 0 Å². The molecule has 0 spiro atoms. The van der Waals surface area contributed by atoms with Crippen LogP contribution in [0, 0.1) is 0 Å². The summed E-state index contributed by atoms with van der Waals surface area (Å²) in [5.74, 6) is 0. The second-order valence-corrected chi connectivity index (χ2v) is 12.5. The fourth-order valence-electron chi connectivity index (χ4n) is 5.01. The summed E-state index contributed by atoms with van der Waals surface area (Å²) < 4.78 is 13.0. The summed E-state index contributed by atoms with van der Waals surface area (Å²) in [6.45, 7) is 1.79. The first-order chi connectivity index (χ1) is 14.1. The molecule has 0 aliphatic carbocycles. The topological polar surface area (TPSA) is 18.5 Å². The van der Waals surface area contributed by atoms with Gasteiger partial charge in [0.05, 0.1) is 10.4 Å². The van der Waals surface area contributed by atoms with Crippen molar-refractivity contribution < 1.29 is 9.47 Å². The Morgan fingerprint density at radius 2 is 1.31 bits per heavy atom. The molecule has 0 radical (unpaired) electrons. The van der Waals surface area contributed by atoms with Gasteiger partial charge >= 0.3 is 0 Å². The van der Waals surface area contributed by atoms with Crippen LogP contribution in [0.2, 0.25) is 0 Å². The van der Waals surface area contributed by atoms with Gasteiger partial charge in [-0.1, -0.05) is 60.7 Å². The third-order valence-electron chi connectivity index (χ3n) is 6.59. The number of ether oxygens (including phenoxy) is 2. The van der Waals surface area contributed by atoms with Crippen LogP contribution in [0.5, 0.6) is 0 Å². The smallest absolute Gasteiger partial charge is 0.0731 e. The van der Waals surface area contributed by atoms with Crippen molar-refractivity contribution in [2.45, 2.75) is 55.4 Å². The number of rotatable bonds is 5. The van der Waals surface area contributed by atoms with Crippen LogP contribution in [0.3, 0.4) is 0 Å². The summed E-state index contributed by atoms with van der Waals surface area (Å²) in [6, 6.07) is 22.0. The molecule has 2 atom stereocenters. The van der Waals surface area contributed by atoms with Gasteiger partial charge in [-0.15, -0.1) is 0 Å². The van der Waals surface area contributed by atoms with Crippen molar-refractivity contribution in [1.82, 2.24) is 0 Å². The minimum absolute atomic E-state index is 0.0377. The minimum atomic E-state index is -0.114. The lowest BCUT2D eigenvalue weighted by atomic mass is 9.84. The quantitative estimate of drug-likeness (QED) is 0.542. The SMILES string of the molecule is [SiH3]C1(CC(=C(c2ccccc2)C2([SiH3])CCCCO2)c2ccccc2)CCCCO1. The summed E-state index contributed by atoms with van der Waals surface area (Å²) in [5.41, 5.74) is 5.54. The van der Waals surface area contributed by atoms with Crippen molar-refractivity contribution in [2.75, 3.05) is 13.2 Å². The molecule has 2 unspecified atom stereocenters. The van der Waals surface area contributed by atoms with Gasteiger partial charge in [0.25, 0.3) is 0 Å². The Morgan fingerprint density at radius 1 is 0.724 bits per heavy atom. The first-order valence-corrected chi connectivity index (χ1v) is 13.2. The van der Waals surface area contributed by atoms with Gasteiger partial charge in [0.1, 0.15) is 0 Å². The Balaban J connectivity index is 1.89. The number of hydrogen-bond acceptors (Lipinski definition) is 2. The van der Waals surface area contributed by atoms with Crippen LogP contribution in [-0.4, -0.2) is 44.1 Å². The molecule has 2 aromatic rings. The third-order valence-corrected chi connectivity index (χ3v) is 9.02. The van der Waals surface area contributed by atoms with Crippen LogP contribution in [0.15, 0.2) is 60.7 Å². The van der Waals surface area contributed by atoms with E-state index < -0.39 is 0 Å². The summed E-state index contributed by atoms with van der Waals surface area (Å²) >= 11 is 0. The first-order valence-electron chi connectivity index (χ1n) is 11.2. The fraction of sp³-hybridized carbons (Fsp3) is 0.440. The van der Waals surface area contributed by atoms with Crippen molar-refractivity contribution in [2.24, 2.45) is 0 Å². The Hall–Kier alpha value is -1.47. The van der Waals surface area contributed by atoms with E-state index in [-0.39, 0.29) is 10.4 Å². The molecule has 0 N–H and O–H groups in total. The van der Waals surface area contributed by atoms with Crippen LogP contribution in [0.1, 0.15) is 56.1 Å². The standard InChI is InChI=1S/C25H34O2Si2/c28-24(15-7-9-17-26-24)19-22(20-11-3-1-4-12-20)23(21-13-5-2-6-14-21)25(29)16-8-10-18-27-25/h1-6,11-14H,7-10,15-19H2,28-29H3. The highest BCUT2D eigenvalue weighted by Crippen LogP contribution is 2.44. The highest BCUT2D eigenvalue weighted by Gasteiger charge is 2.38. The Labute approximate surface area is 181 Å². The van der Waals surface area contributed by atoms with Crippen LogP contribution in [0.25, 0.3) is 11.1 Å². The predicted molar refractivity (Wildman–Crippen MR) is 129 cm³/mol. The average molecular weight is 423 g/mol. The van der Waals surface area contributed by atoms with E-state index in [1.807, 2.05) is 0 Å². The molecule has 2 aliphatic rings. The van der Waals surface area contributed by atoms with E-state index in [9.17, 15) is 0 Å². The molecule has 2 fully saturated rings. The second kappa shape index (κ2) is 9.13. The van der Waals surface area contributed by atoms with Crippen molar-refractivity contribution in [3.05, 3.63) is 71.8 Å².